The molecule has 2 aromatic carbocycles. The van der Waals surface area contributed by atoms with Gasteiger partial charge in [-0.3, -0.25) is 0 Å². The Kier molecular flexibility index (Phi) is 7.10. The van der Waals surface area contributed by atoms with Gasteiger partial charge in [0.25, 0.3) is 0 Å². The van der Waals surface area contributed by atoms with E-state index in [9.17, 15) is 5.11 Å². The number of aliphatic hydroxyl groups is 1. The zero-order valence-corrected chi connectivity index (χ0v) is 15.8. The Morgan fingerprint density at radius 1 is 0.962 bits per heavy atom. The molecule has 1 N–H and O–H groups in total. The van der Waals surface area contributed by atoms with Gasteiger partial charge in [0.1, 0.15) is 5.75 Å². The fourth-order valence-electron chi connectivity index (χ4n) is 3.66. The fourth-order valence-corrected chi connectivity index (χ4v) is 3.66. The van der Waals surface area contributed by atoms with Gasteiger partial charge in [-0.1, -0.05) is 55.8 Å². The largest absolute Gasteiger partial charge is 0.494 e. The maximum atomic E-state index is 11.1. The van der Waals surface area contributed by atoms with Gasteiger partial charge in [0.05, 0.1) is 12.7 Å². The predicted octanol–water partition coefficient (Wildman–Crippen LogP) is 4.78. The van der Waals surface area contributed by atoms with E-state index in [2.05, 4.69) is 36.1 Å². The van der Waals surface area contributed by atoms with Gasteiger partial charge in [-0.25, -0.2) is 0 Å². The first-order chi connectivity index (χ1) is 12.8. The third-order valence-electron chi connectivity index (χ3n) is 5.25. The minimum atomic E-state index is -0.511. The van der Waals surface area contributed by atoms with Gasteiger partial charge in [0.15, 0.2) is 0 Å². The van der Waals surface area contributed by atoms with E-state index in [0.29, 0.717) is 0 Å². The van der Waals surface area contributed by atoms with E-state index in [1.165, 1.54) is 18.4 Å². The number of unbranched alkanes of at least 4 members (excludes halogenated alkanes) is 1. The molecule has 26 heavy (non-hydrogen) atoms. The van der Waals surface area contributed by atoms with Crippen LogP contribution in [0.3, 0.4) is 0 Å². The summed E-state index contributed by atoms with van der Waals surface area (Å²) in [4.78, 5) is 2.48. The molecular weight excluding hydrogens is 322 g/mol. The highest BCUT2D eigenvalue weighted by atomic mass is 16.5. The molecule has 2 atom stereocenters. The molecule has 0 aliphatic carbocycles. The molecule has 0 amide bonds. The van der Waals surface area contributed by atoms with Crippen molar-refractivity contribution in [3.05, 3.63) is 65.7 Å². The monoisotopic (exact) mass is 353 g/mol. The summed E-state index contributed by atoms with van der Waals surface area (Å²) in [6, 6.07) is 18.4. The molecule has 1 fully saturated rings. The van der Waals surface area contributed by atoms with Crippen molar-refractivity contribution in [3.8, 4) is 5.75 Å². The smallest absolute Gasteiger partial charge is 0.119 e. The first kappa shape index (κ1) is 18.9. The average Bonchev–Trinajstić information content (AvgIpc) is 3.20. The highest BCUT2D eigenvalue weighted by Crippen LogP contribution is 2.33. The Morgan fingerprint density at radius 2 is 1.65 bits per heavy atom. The van der Waals surface area contributed by atoms with E-state index in [-0.39, 0.29) is 5.92 Å². The standard InChI is InChI=1S/C23H31NO2/c1-2-3-17-26-21-13-11-20(12-14-21)23(25)22(18-24-15-7-8-16-24)19-9-5-4-6-10-19/h4-6,9-14,22-23,25H,2-3,7-8,15-18H2,1H3/t22-,23-/m1/s1. The average molecular weight is 354 g/mol. The Balaban J connectivity index is 1.72. The van der Waals surface area contributed by atoms with Crippen molar-refractivity contribution in [1.29, 1.82) is 0 Å². The molecule has 2 aromatic rings. The van der Waals surface area contributed by atoms with E-state index in [4.69, 9.17) is 4.74 Å². The van der Waals surface area contributed by atoms with Gasteiger partial charge in [0, 0.05) is 12.5 Å². The van der Waals surface area contributed by atoms with Crippen LogP contribution in [-0.2, 0) is 0 Å². The van der Waals surface area contributed by atoms with E-state index < -0.39 is 6.10 Å². The summed E-state index contributed by atoms with van der Waals surface area (Å²) in [5, 5.41) is 11.1. The lowest BCUT2D eigenvalue weighted by Crippen LogP contribution is -2.29. The van der Waals surface area contributed by atoms with E-state index in [1.807, 2.05) is 30.3 Å². The molecule has 3 nitrogen and oxygen atoms in total. The van der Waals surface area contributed by atoms with Crippen LogP contribution < -0.4 is 4.74 Å². The lowest BCUT2D eigenvalue weighted by molar-refractivity contribution is 0.123. The summed E-state index contributed by atoms with van der Waals surface area (Å²) < 4.78 is 5.74. The molecule has 0 spiro atoms. The van der Waals surface area contributed by atoms with Crippen LogP contribution in [0.4, 0.5) is 0 Å². The maximum absolute atomic E-state index is 11.1. The molecule has 1 aliphatic heterocycles. The van der Waals surface area contributed by atoms with Crippen LogP contribution in [-0.4, -0.2) is 36.2 Å². The molecule has 3 heteroatoms. The number of aliphatic hydroxyl groups excluding tert-OH is 1. The number of rotatable bonds is 9. The number of nitrogens with zero attached hydrogens (tertiary/aromatic N) is 1. The molecule has 1 heterocycles. The summed E-state index contributed by atoms with van der Waals surface area (Å²) in [5.74, 6) is 0.964. The molecule has 140 valence electrons. The third kappa shape index (κ3) is 5.09. The van der Waals surface area contributed by atoms with Crippen molar-refractivity contribution in [2.45, 2.75) is 44.6 Å². The summed E-state index contributed by atoms with van der Waals surface area (Å²) in [5.41, 5.74) is 2.16. The van der Waals surface area contributed by atoms with Crippen LogP contribution in [0.2, 0.25) is 0 Å². The number of benzene rings is 2. The Bertz CT molecular complexity index is 635. The molecule has 0 aromatic heterocycles. The molecule has 0 bridgehead atoms. The minimum Gasteiger partial charge on any atom is -0.494 e. The van der Waals surface area contributed by atoms with Crippen molar-refractivity contribution in [1.82, 2.24) is 4.90 Å². The van der Waals surface area contributed by atoms with Gasteiger partial charge in [-0.05, 0) is 55.6 Å². The maximum Gasteiger partial charge on any atom is 0.119 e. The van der Waals surface area contributed by atoms with Crippen LogP contribution in [0.15, 0.2) is 54.6 Å². The zero-order chi connectivity index (χ0) is 18.2. The lowest BCUT2D eigenvalue weighted by atomic mass is 9.88. The predicted molar refractivity (Wildman–Crippen MR) is 107 cm³/mol. The van der Waals surface area contributed by atoms with E-state index in [0.717, 1.165) is 50.4 Å². The van der Waals surface area contributed by atoms with E-state index >= 15 is 0 Å². The number of hydrogen-bond donors (Lipinski definition) is 1. The highest BCUT2D eigenvalue weighted by molar-refractivity contribution is 5.32. The Morgan fingerprint density at radius 3 is 2.31 bits per heavy atom. The van der Waals surface area contributed by atoms with Crippen LogP contribution in [0.5, 0.6) is 5.75 Å². The minimum absolute atomic E-state index is 0.0844. The molecule has 0 radical (unpaired) electrons. The van der Waals surface area contributed by atoms with Crippen LogP contribution in [0.25, 0.3) is 0 Å². The van der Waals surface area contributed by atoms with Crippen LogP contribution in [0, 0.1) is 0 Å². The van der Waals surface area contributed by atoms with Gasteiger partial charge >= 0.3 is 0 Å². The molecule has 1 saturated heterocycles. The Labute approximate surface area is 157 Å². The third-order valence-corrected chi connectivity index (χ3v) is 5.25. The molecular formula is C23H31NO2. The van der Waals surface area contributed by atoms with Gasteiger partial charge in [0.2, 0.25) is 0 Å². The van der Waals surface area contributed by atoms with Gasteiger partial charge in [-0.2, -0.15) is 0 Å². The van der Waals surface area contributed by atoms with Gasteiger partial charge < -0.3 is 14.7 Å². The summed E-state index contributed by atoms with van der Waals surface area (Å²) in [6.07, 6.45) is 4.22. The number of ether oxygens (including phenoxy) is 1. The SMILES string of the molecule is CCCCOc1ccc([C@@H](O)[C@H](CN2CCCC2)c2ccccc2)cc1. The number of hydrogen-bond acceptors (Lipinski definition) is 3. The summed E-state index contributed by atoms with van der Waals surface area (Å²) in [6.45, 7) is 6.09. The van der Waals surface area contributed by atoms with Crippen LogP contribution >= 0.6 is 0 Å². The van der Waals surface area contributed by atoms with Crippen molar-refractivity contribution in [2.75, 3.05) is 26.2 Å². The second kappa shape index (κ2) is 9.75. The van der Waals surface area contributed by atoms with E-state index in [1.54, 1.807) is 0 Å². The van der Waals surface area contributed by atoms with Crippen molar-refractivity contribution < 1.29 is 9.84 Å². The van der Waals surface area contributed by atoms with Crippen LogP contribution in [0.1, 0.15) is 55.8 Å². The fraction of sp³-hybridized carbons (Fsp3) is 0.478. The number of likely N-dealkylation sites (tertiary alicyclic amines) is 1. The lowest BCUT2D eigenvalue weighted by Gasteiger charge is -2.28. The molecule has 0 saturated carbocycles. The quantitative estimate of drug-likeness (QED) is 0.659. The van der Waals surface area contributed by atoms with Crippen molar-refractivity contribution >= 4 is 0 Å². The second-order valence-corrected chi connectivity index (χ2v) is 7.24. The topological polar surface area (TPSA) is 32.7 Å². The molecule has 0 unspecified atom stereocenters. The van der Waals surface area contributed by atoms with Crippen molar-refractivity contribution in [2.24, 2.45) is 0 Å². The first-order valence-electron chi connectivity index (χ1n) is 9.96. The van der Waals surface area contributed by atoms with Crippen molar-refractivity contribution in [3.63, 3.8) is 0 Å². The highest BCUT2D eigenvalue weighted by Gasteiger charge is 2.26. The molecule has 1 aliphatic rings. The normalized spacial score (nSPS) is 17.2. The first-order valence-corrected chi connectivity index (χ1v) is 9.96. The summed E-state index contributed by atoms with van der Waals surface area (Å²) in [7, 11) is 0. The summed E-state index contributed by atoms with van der Waals surface area (Å²) >= 11 is 0. The zero-order valence-electron chi connectivity index (χ0n) is 15.8. The van der Waals surface area contributed by atoms with Gasteiger partial charge in [-0.15, -0.1) is 0 Å². The Hall–Kier alpha value is -1.84. The second-order valence-electron chi connectivity index (χ2n) is 7.24. The molecule has 3 rings (SSSR count).